The first-order valence-corrected chi connectivity index (χ1v) is 9.53. The predicted octanol–water partition coefficient (Wildman–Crippen LogP) is -0.219. The van der Waals surface area contributed by atoms with E-state index in [0.717, 1.165) is 31.6 Å². The Kier molecular flexibility index (Phi) is 4.05. The lowest BCUT2D eigenvalue weighted by atomic mass is 9.83. The number of nitrogens with zero attached hydrogens (tertiary/aromatic N) is 4. The van der Waals surface area contributed by atoms with Gasteiger partial charge in [0.25, 0.3) is 0 Å². The van der Waals surface area contributed by atoms with E-state index in [0.29, 0.717) is 19.5 Å². The van der Waals surface area contributed by atoms with Crippen molar-refractivity contribution < 1.29 is 13.5 Å². The number of likely N-dealkylation sites (tertiary alicyclic amines) is 1. The van der Waals surface area contributed by atoms with Crippen LogP contribution in [0.2, 0.25) is 0 Å². The molecule has 3 rings (SSSR count). The summed E-state index contributed by atoms with van der Waals surface area (Å²) in [4.78, 5) is 2.17. The molecule has 22 heavy (non-hydrogen) atoms. The zero-order valence-corrected chi connectivity index (χ0v) is 14.0. The lowest BCUT2D eigenvalue weighted by Crippen LogP contribution is -2.62. The van der Waals surface area contributed by atoms with Gasteiger partial charge in [-0.05, 0) is 25.3 Å². The summed E-state index contributed by atoms with van der Waals surface area (Å²) in [6.45, 7) is 2.53. The molecule has 0 saturated carbocycles. The zero-order valence-electron chi connectivity index (χ0n) is 13.1. The van der Waals surface area contributed by atoms with E-state index in [9.17, 15) is 13.5 Å². The molecular formula is C14H24N4O3S. The molecule has 1 spiro atoms. The molecule has 2 atom stereocenters. The van der Waals surface area contributed by atoms with Gasteiger partial charge in [0.1, 0.15) is 0 Å². The van der Waals surface area contributed by atoms with Gasteiger partial charge in [-0.15, -0.1) is 0 Å². The summed E-state index contributed by atoms with van der Waals surface area (Å²) in [6, 6.07) is 1.97. The van der Waals surface area contributed by atoms with Gasteiger partial charge in [-0.2, -0.15) is 9.40 Å². The summed E-state index contributed by atoms with van der Waals surface area (Å²) in [7, 11) is -1.37. The molecule has 7 nitrogen and oxygen atoms in total. The van der Waals surface area contributed by atoms with Gasteiger partial charge < -0.3 is 5.11 Å². The zero-order chi connectivity index (χ0) is 16.0. The number of β-amino-alcohol motifs (C(OH)–C–C–N with tert-alkyl or cyclic N) is 1. The van der Waals surface area contributed by atoms with Gasteiger partial charge in [-0.25, -0.2) is 8.42 Å². The molecule has 2 saturated heterocycles. The van der Waals surface area contributed by atoms with Crippen molar-refractivity contribution in [3.05, 3.63) is 18.0 Å². The molecule has 1 aromatic heterocycles. The highest BCUT2D eigenvalue weighted by Crippen LogP contribution is 2.40. The van der Waals surface area contributed by atoms with Crippen LogP contribution in [-0.4, -0.2) is 70.0 Å². The number of aliphatic hydroxyl groups excluding tert-OH is 1. The van der Waals surface area contributed by atoms with E-state index in [1.54, 1.807) is 6.20 Å². The van der Waals surface area contributed by atoms with Crippen LogP contribution in [0.4, 0.5) is 0 Å². The third-order valence-corrected chi connectivity index (χ3v) is 6.44. The number of piperidine rings is 1. The SMILES string of the molecule is Cn1nccc1CN1CC[C@@]2(CCCN2S(C)(=O)=O)[C@@H](O)C1. The van der Waals surface area contributed by atoms with Gasteiger partial charge in [0.15, 0.2) is 0 Å². The molecule has 0 unspecified atom stereocenters. The van der Waals surface area contributed by atoms with Crippen LogP contribution in [0.3, 0.4) is 0 Å². The van der Waals surface area contributed by atoms with Crippen molar-refractivity contribution in [2.24, 2.45) is 7.05 Å². The minimum Gasteiger partial charge on any atom is -0.390 e. The molecule has 124 valence electrons. The lowest BCUT2D eigenvalue weighted by Gasteiger charge is -2.47. The van der Waals surface area contributed by atoms with Crippen LogP contribution in [0.1, 0.15) is 25.0 Å². The van der Waals surface area contributed by atoms with Crippen LogP contribution < -0.4 is 0 Å². The van der Waals surface area contributed by atoms with Crippen molar-refractivity contribution in [2.75, 3.05) is 25.9 Å². The number of aromatic nitrogens is 2. The summed E-state index contributed by atoms with van der Waals surface area (Å²) < 4.78 is 27.4. The maximum Gasteiger partial charge on any atom is 0.211 e. The van der Waals surface area contributed by atoms with Crippen molar-refractivity contribution >= 4 is 10.0 Å². The highest BCUT2D eigenvalue weighted by molar-refractivity contribution is 7.88. The van der Waals surface area contributed by atoms with Gasteiger partial charge in [0, 0.05) is 39.4 Å². The van der Waals surface area contributed by atoms with Crippen molar-refractivity contribution in [2.45, 2.75) is 37.5 Å². The average molecular weight is 328 g/mol. The summed E-state index contributed by atoms with van der Waals surface area (Å²) >= 11 is 0. The fourth-order valence-electron chi connectivity index (χ4n) is 3.91. The minimum atomic E-state index is -3.28. The van der Waals surface area contributed by atoms with Crippen molar-refractivity contribution in [1.29, 1.82) is 0 Å². The van der Waals surface area contributed by atoms with Crippen LogP contribution in [0.25, 0.3) is 0 Å². The number of hydrogen-bond acceptors (Lipinski definition) is 5. The van der Waals surface area contributed by atoms with E-state index in [4.69, 9.17) is 0 Å². The Labute approximate surface area is 131 Å². The van der Waals surface area contributed by atoms with Crippen LogP contribution in [-0.2, 0) is 23.6 Å². The van der Waals surface area contributed by atoms with Crippen LogP contribution in [0.15, 0.2) is 12.3 Å². The molecule has 3 heterocycles. The minimum absolute atomic E-state index is 0.497. The summed E-state index contributed by atoms with van der Waals surface area (Å²) in [5.41, 5.74) is 0.492. The Hall–Kier alpha value is -0.960. The van der Waals surface area contributed by atoms with E-state index in [2.05, 4.69) is 10.00 Å². The molecule has 2 aliphatic heterocycles. The van der Waals surface area contributed by atoms with Crippen LogP contribution in [0.5, 0.6) is 0 Å². The first-order valence-electron chi connectivity index (χ1n) is 7.68. The molecule has 0 amide bonds. The summed E-state index contributed by atoms with van der Waals surface area (Å²) in [5, 5.41) is 14.8. The fourth-order valence-corrected chi connectivity index (χ4v) is 5.33. The molecule has 1 aromatic rings. The van der Waals surface area contributed by atoms with Crippen LogP contribution >= 0.6 is 0 Å². The number of sulfonamides is 1. The van der Waals surface area contributed by atoms with Crippen molar-refractivity contribution in [3.8, 4) is 0 Å². The highest BCUT2D eigenvalue weighted by atomic mass is 32.2. The second-order valence-corrected chi connectivity index (χ2v) is 8.40. The van der Waals surface area contributed by atoms with E-state index >= 15 is 0 Å². The smallest absolute Gasteiger partial charge is 0.211 e. The first kappa shape index (κ1) is 15.9. The van der Waals surface area contributed by atoms with Gasteiger partial charge in [0.2, 0.25) is 10.0 Å². The molecular weight excluding hydrogens is 304 g/mol. The molecule has 1 N–H and O–H groups in total. The normalized spacial score (nSPS) is 31.1. The fraction of sp³-hybridized carbons (Fsp3) is 0.786. The quantitative estimate of drug-likeness (QED) is 0.830. The van der Waals surface area contributed by atoms with Gasteiger partial charge in [-0.1, -0.05) is 0 Å². The maximum absolute atomic E-state index is 12.0. The van der Waals surface area contributed by atoms with E-state index < -0.39 is 21.7 Å². The van der Waals surface area contributed by atoms with E-state index in [1.165, 1.54) is 10.6 Å². The monoisotopic (exact) mass is 328 g/mol. The van der Waals surface area contributed by atoms with Crippen molar-refractivity contribution in [3.63, 3.8) is 0 Å². The molecule has 8 heteroatoms. The van der Waals surface area contributed by atoms with E-state index in [1.807, 2.05) is 17.8 Å². The molecule has 0 aromatic carbocycles. The second kappa shape index (κ2) is 5.59. The van der Waals surface area contributed by atoms with Gasteiger partial charge >= 0.3 is 0 Å². The van der Waals surface area contributed by atoms with Gasteiger partial charge in [-0.3, -0.25) is 9.58 Å². The standard InChI is InChI=1S/C14H24N4O3S/c1-16-12(4-7-15-16)10-17-9-6-14(13(19)11-17)5-3-8-18(14)22(2,20)21/h4,7,13,19H,3,5-6,8-11H2,1-2H3/t13-,14-/m0/s1. The maximum atomic E-state index is 12.0. The topological polar surface area (TPSA) is 78.7 Å². The summed E-state index contributed by atoms with van der Waals surface area (Å²) in [5.74, 6) is 0. The second-order valence-electron chi connectivity index (χ2n) is 6.49. The first-order chi connectivity index (χ1) is 10.3. The molecule has 0 bridgehead atoms. The highest BCUT2D eigenvalue weighted by Gasteiger charge is 2.52. The van der Waals surface area contributed by atoms with E-state index in [-0.39, 0.29) is 0 Å². The third kappa shape index (κ3) is 2.68. The molecule has 0 aliphatic carbocycles. The Morgan fingerprint density at radius 3 is 2.77 bits per heavy atom. The number of aliphatic hydroxyl groups is 1. The Balaban J connectivity index is 1.73. The Morgan fingerprint density at radius 2 is 2.18 bits per heavy atom. The number of hydrogen-bond donors (Lipinski definition) is 1. The Morgan fingerprint density at radius 1 is 1.41 bits per heavy atom. The number of aryl methyl sites for hydroxylation is 1. The molecule has 2 aliphatic rings. The van der Waals surface area contributed by atoms with Crippen molar-refractivity contribution in [1.82, 2.24) is 19.0 Å². The number of rotatable bonds is 3. The average Bonchev–Trinajstić information content (AvgIpc) is 3.02. The van der Waals surface area contributed by atoms with Gasteiger partial charge in [0.05, 0.1) is 23.6 Å². The summed E-state index contributed by atoms with van der Waals surface area (Å²) in [6.07, 6.45) is 4.62. The lowest BCUT2D eigenvalue weighted by molar-refractivity contribution is -0.0385. The predicted molar refractivity (Wildman–Crippen MR) is 82.6 cm³/mol. The Bertz CT molecular complexity index is 644. The third-order valence-electron chi connectivity index (χ3n) is 5.09. The largest absolute Gasteiger partial charge is 0.390 e. The van der Waals surface area contributed by atoms with Crippen LogP contribution in [0, 0.1) is 0 Å². The molecule has 2 fully saturated rings. The molecule has 0 radical (unpaired) electrons.